The maximum Gasteiger partial charge on any atom is 0.146 e. The van der Waals surface area contributed by atoms with Gasteiger partial charge in [0.1, 0.15) is 11.3 Å². The second-order valence-corrected chi connectivity index (χ2v) is 10.1. The number of hydrogen-bond donors (Lipinski definition) is 0. The lowest BCUT2D eigenvalue weighted by Gasteiger charge is -2.22. The molecule has 2 nitrogen and oxygen atoms in total. The van der Waals surface area contributed by atoms with Gasteiger partial charge in [0.25, 0.3) is 0 Å². The second kappa shape index (κ2) is 9.83. The minimum atomic E-state index is -1.40. The number of hydrogen-bond acceptors (Lipinski definition) is 1. The van der Waals surface area contributed by atoms with Gasteiger partial charge >= 0.3 is 0 Å². The first-order valence-electron chi connectivity index (χ1n) is 12.6. The Labute approximate surface area is 199 Å². The van der Waals surface area contributed by atoms with Gasteiger partial charge in [-0.2, -0.15) is 0 Å². The molecule has 0 saturated carbocycles. The van der Waals surface area contributed by atoms with Crippen LogP contribution in [0.3, 0.4) is 0 Å². The van der Waals surface area contributed by atoms with Crippen molar-refractivity contribution in [3.05, 3.63) is 58.4 Å². The van der Waals surface area contributed by atoms with Gasteiger partial charge in [-0.3, -0.25) is 4.40 Å². The van der Waals surface area contributed by atoms with Crippen molar-refractivity contribution in [2.45, 2.75) is 93.7 Å². The minimum Gasteiger partial charge on any atom is -0.296 e. The summed E-state index contributed by atoms with van der Waals surface area (Å²) in [5.74, 6) is 0.517. The highest BCUT2D eigenvalue weighted by molar-refractivity contribution is 6.13. The van der Waals surface area contributed by atoms with Crippen LogP contribution in [0.2, 0.25) is 0 Å². The van der Waals surface area contributed by atoms with Crippen molar-refractivity contribution in [1.29, 1.82) is 0 Å². The van der Waals surface area contributed by atoms with Crippen molar-refractivity contribution in [3.8, 4) is 0 Å². The summed E-state index contributed by atoms with van der Waals surface area (Å²) in [7, 11) is 0. The van der Waals surface area contributed by atoms with Crippen LogP contribution in [-0.4, -0.2) is 9.38 Å². The van der Waals surface area contributed by atoms with Crippen LogP contribution < -0.4 is 0 Å². The second-order valence-electron chi connectivity index (χ2n) is 10.1. The molecule has 178 valence electrons. The Morgan fingerprint density at radius 3 is 2.18 bits per heavy atom. The summed E-state index contributed by atoms with van der Waals surface area (Å²) in [5, 5.41) is 3.21. The van der Waals surface area contributed by atoms with E-state index in [1.54, 1.807) is 6.92 Å². The highest BCUT2D eigenvalue weighted by Gasteiger charge is 2.28. The molecule has 4 aromatic rings. The number of halogens is 1. The minimum absolute atomic E-state index is 0.432. The Balaban J connectivity index is 0.000000709. The average molecular weight is 449 g/mol. The molecule has 0 aliphatic carbocycles. The molecule has 0 aliphatic heterocycles. The standard InChI is InChI=1S/C26H31FN2.C4H10/c1-8-26(7,27)21-11-9-10-19-20-13-16(4)17(5)14-23(20)29-22(12-15(2)3)18(6)28-25(29)24(19)21;1-3-4-2/h9-11,13-15H,8,12H2,1-7H3;3-4H2,1-2H3. The van der Waals surface area contributed by atoms with E-state index in [4.69, 9.17) is 4.98 Å². The highest BCUT2D eigenvalue weighted by Crippen LogP contribution is 2.40. The van der Waals surface area contributed by atoms with Crippen molar-refractivity contribution in [2.75, 3.05) is 0 Å². The number of aryl methyl sites for hydroxylation is 3. The monoisotopic (exact) mass is 448 g/mol. The van der Waals surface area contributed by atoms with Crippen molar-refractivity contribution in [3.63, 3.8) is 0 Å². The quantitative estimate of drug-likeness (QED) is 0.278. The molecule has 0 spiro atoms. The Bertz CT molecular complexity index is 1280. The van der Waals surface area contributed by atoms with Gasteiger partial charge in [-0.25, -0.2) is 9.37 Å². The molecule has 0 fully saturated rings. The fraction of sp³-hybridized carbons (Fsp3) is 0.500. The number of unbranched alkanes of at least 4 members (excludes halogenated alkanes) is 1. The number of rotatable bonds is 5. The van der Waals surface area contributed by atoms with Crippen LogP contribution in [-0.2, 0) is 12.1 Å². The van der Waals surface area contributed by atoms with E-state index < -0.39 is 5.67 Å². The maximum atomic E-state index is 15.6. The number of imidazole rings is 1. The zero-order chi connectivity index (χ0) is 24.5. The zero-order valence-electron chi connectivity index (χ0n) is 22.1. The number of alkyl halides is 1. The summed E-state index contributed by atoms with van der Waals surface area (Å²) >= 11 is 0. The van der Waals surface area contributed by atoms with Crippen molar-refractivity contribution in [1.82, 2.24) is 9.38 Å². The van der Waals surface area contributed by atoms with Gasteiger partial charge in [-0.1, -0.05) is 65.7 Å². The summed E-state index contributed by atoms with van der Waals surface area (Å²) < 4.78 is 17.9. The predicted molar refractivity (Wildman–Crippen MR) is 142 cm³/mol. The Morgan fingerprint density at radius 1 is 0.970 bits per heavy atom. The fourth-order valence-electron chi connectivity index (χ4n) is 4.46. The van der Waals surface area contributed by atoms with Crippen LogP contribution >= 0.6 is 0 Å². The average Bonchev–Trinajstić information content (AvgIpc) is 3.10. The van der Waals surface area contributed by atoms with Crippen LogP contribution in [0.25, 0.3) is 27.3 Å². The van der Waals surface area contributed by atoms with Crippen LogP contribution in [0, 0.1) is 26.7 Å². The lowest BCUT2D eigenvalue weighted by Crippen LogP contribution is -2.14. The molecular formula is C30H41FN2. The topological polar surface area (TPSA) is 17.3 Å². The number of nitrogens with zero attached hydrogens (tertiary/aromatic N) is 2. The van der Waals surface area contributed by atoms with E-state index in [1.165, 1.54) is 40.6 Å². The van der Waals surface area contributed by atoms with Gasteiger partial charge in [-0.05, 0) is 75.1 Å². The maximum absolute atomic E-state index is 15.6. The van der Waals surface area contributed by atoms with Crippen molar-refractivity contribution in [2.24, 2.45) is 5.92 Å². The van der Waals surface area contributed by atoms with Crippen molar-refractivity contribution < 1.29 is 4.39 Å². The Hall–Kier alpha value is -2.42. The molecule has 1 unspecified atom stereocenters. The molecule has 0 radical (unpaired) electrons. The van der Waals surface area contributed by atoms with Gasteiger partial charge in [0.05, 0.1) is 11.2 Å². The van der Waals surface area contributed by atoms with E-state index in [9.17, 15) is 0 Å². The molecule has 0 aliphatic rings. The molecule has 2 aromatic carbocycles. The molecule has 3 heteroatoms. The van der Waals surface area contributed by atoms with E-state index in [2.05, 4.69) is 71.1 Å². The van der Waals surface area contributed by atoms with E-state index in [1.807, 2.05) is 19.1 Å². The lowest BCUT2D eigenvalue weighted by atomic mass is 9.89. The fourth-order valence-corrected chi connectivity index (χ4v) is 4.46. The predicted octanol–water partition coefficient (Wildman–Crippen LogP) is 9.17. The number of fused-ring (bicyclic) bond motifs is 6. The van der Waals surface area contributed by atoms with E-state index in [0.29, 0.717) is 12.3 Å². The first-order chi connectivity index (χ1) is 15.6. The van der Waals surface area contributed by atoms with Gasteiger partial charge in [0.15, 0.2) is 0 Å². The summed E-state index contributed by atoms with van der Waals surface area (Å²) in [6.45, 7) is 18.8. The summed E-state index contributed by atoms with van der Waals surface area (Å²) in [6.07, 6.45) is 4.02. The third kappa shape index (κ3) is 4.65. The van der Waals surface area contributed by atoms with E-state index in [0.717, 1.165) is 34.1 Å². The molecular weight excluding hydrogens is 407 g/mol. The smallest absolute Gasteiger partial charge is 0.146 e. The van der Waals surface area contributed by atoms with Crippen LogP contribution in [0.5, 0.6) is 0 Å². The van der Waals surface area contributed by atoms with Crippen LogP contribution in [0.15, 0.2) is 30.3 Å². The normalized spacial score (nSPS) is 13.5. The van der Waals surface area contributed by atoms with Gasteiger partial charge in [0, 0.05) is 22.0 Å². The van der Waals surface area contributed by atoms with Gasteiger partial charge < -0.3 is 0 Å². The molecule has 0 bridgehead atoms. The number of aromatic nitrogens is 2. The summed E-state index contributed by atoms with van der Waals surface area (Å²) in [4.78, 5) is 5.00. The van der Waals surface area contributed by atoms with Gasteiger partial charge in [0.2, 0.25) is 0 Å². The first kappa shape index (κ1) is 25.2. The largest absolute Gasteiger partial charge is 0.296 e. The SMILES string of the molecule is CCC(C)(F)c1cccc2c3cc(C)c(C)cc3n3c(CC(C)C)c(C)nc3c12.CCCC. The van der Waals surface area contributed by atoms with Crippen molar-refractivity contribution >= 4 is 27.3 Å². The lowest BCUT2D eigenvalue weighted by molar-refractivity contribution is 0.187. The number of pyridine rings is 1. The zero-order valence-corrected chi connectivity index (χ0v) is 22.1. The molecule has 2 heterocycles. The third-order valence-electron chi connectivity index (χ3n) is 6.93. The number of benzene rings is 2. The molecule has 0 amide bonds. The molecule has 0 saturated heterocycles. The molecule has 2 aromatic heterocycles. The Kier molecular flexibility index (Phi) is 7.51. The first-order valence-corrected chi connectivity index (χ1v) is 12.6. The molecule has 0 N–H and O–H groups in total. The summed E-state index contributed by atoms with van der Waals surface area (Å²) in [5.41, 5.74) is 6.19. The van der Waals surface area contributed by atoms with E-state index in [-0.39, 0.29) is 0 Å². The molecule has 33 heavy (non-hydrogen) atoms. The Morgan fingerprint density at radius 2 is 1.61 bits per heavy atom. The third-order valence-corrected chi connectivity index (χ3v) is 6.93. The van der Waals surface area contributed by atoms with Gasteiger partial charge in [-0.15, -0.1) is 0 Å². The molecule has 4 rings (SSSR count). The summed E-state index contributed by atoms with van der Waals surface area (Å²) in [6, 6.07) is 10.6. The molecule has 1 atom stereocenters. The van der Waals surface area contributed by atoms with Crippen LogP contribution in [0.1, 0.15) is 88.9 Å². The highest BCUT2D eigenvalue weighted by atomic mass is 19.1. The van der Waals surface area contributed by atoms with Crippen LogP contribution in [0.4, 0.5) is 4.39 Å². The van der Waals surface area contributed by atoms with E-state index >= 15 is 4.39 Å².